The van der Waals surface area contributed by atoms with Crippen molar-refractivity contribution >= 4 is 0 Å². The van der Waals surface area contributed by atoms with Gasteiger partial charge in [-0.15, -0.1) is 13.2 Å². The Balaban J connectivity index is 2.57. The summed E-state index contributed by atoms with van der Waals surface area (Å²) >= 11 is 0. The molecule has 0 atom stereocenters. The Hall–Kier alpha value is -2.18. The van der Waals surface area contributed by atoms with Crippen molar-refractivity contribution in [2.45, 2.75) is 32.3 Å². The van der Waals surface area contributed by atoms with Gasteiger partial charge in [0, 0.05) is 5.56 Å². The number of hydrogen-bond donors (Lipinski definition) is 0. The number of benzene rings is 2. The average molecular weight is 348 g/mol. The van der Waals surface area contributed by atoms with Crippen LogP contribution in [0.25, 0.3) is 11.1 Å². The largest absolute Gasteiger partial charge is 0.573 e. The summed E-state index contributed by atoms with van der Waals surface area (Å²) in [7, 11) is 0. The van der Waals surface area contributed by atoms with Crippen LogP contribution in [0.5, 0.6) is 5.75 Å². The van der Waals surface area contributed by atoms with Crippen LogP contribution in [0.3, 0.4) is 0 Å². The summed E-state index contributed by atoms with van der Waals surface area (Å²) in [4.78, 5) is 0. The lowest BCUT2D eigenvalue weighted by atomic mass is 9.92. The smallest absolute Gasteiger partial charge is 0.405 e. The molecule has 0 aliphatic carbocycles. The molecule has 0 fully saturated rings. The van der Waals surface area contributed by atoms with Gasteiger partial charge in [-0.2, -0.15) is 13.2 Å². The summed E-state index contributed by atoms with van der Waals surface area (Å²) in [6, 6.07) is 8.63. The molecule has 0 unspecified atom stereocenters. The zero-order chi connectivity index (χ0) is 18.1. The van der Waals surface area contributed by atoms with E-state index >= 15 is 0 Å². The first-order valence-electron chi connectivity index (χ1n) is 7.05. The van der Waals surface area contributed by atoms with E-state index in [1.807, 2.05) is 0 Å². The van der Waals surface area contributed by atoms with Crippen molar-refractivity contribution in [1.82, 2.24) is 0 Å². The third-order valence-electron chi connectivity index (χ3n) is 3.40. The Morgan fingerprint density at radius 1 is 0.875 bits per heavy atom. The lowest BCUT2D eigenvalue weighted by molar-refractivity contribution is -0.274. The monoisotopic (exact) mass is 348 g/mol. The fraction of sp³-hybridized carbons (Fsp3) is 0.294. The number of halogens is 6. The van der Waals surface area contributed by atoms with Gasteiger partial charge in [0.15, 0.2) is 0 Å². The van der Waals surface area contributed by atoms with Crippen LogP contribution in [0.2, 0.25) is 0 Å². The van der Waals surface area contributed by atoms with E-state index in [-0.39, 0.29) is 16.7 Å². The number of para-hydroxylation sites is 1. The van der Waals surface area contributed by atoms with Crippen molar-refractivity contribution in [3.8, 4) is 16.9 Å². The van der Waals surface area contributed by atoms with Crippen LogP contribution in [0, 0.1) is 0 Å². The van der Waals surface area contributed by atoms with Gasteiger partial charge < -0.3 is 4.74 Å². The van der Waals surface area contributed by atoms with Crippen molar-refractivity contribution in [1.29, 1.82) is 0 Å². The van der Waals surface area contributed by atoms with Crippen LogP contribution in [0.15, 0.2) is 42.5 Å². The van der Waals surface area contributed by atoms with Crippen molar-refractivity contribution in [2.75, 3.05) is 0 Å². The highest BCUT2D eigenvalue weighted by molar-refractivity contribution is 5.71. The highest BCUT2D eigenvalue weighted by Gasteiger charge is 2.35. The van der Waals surface area contributed by atoms with Gasteiger partial charge in [0.2, 0.25) is 0 Å². The van der Waals surface area contributed by atoms with Gasteiger partial charge in [0.05, 0.1) is 5.56 Å². The van der Waals surface area contributed by atoms with E-state index in [4.69, 9.17) is 0 Å². The fourth-order valence-electron chi connectivity index (χ4n) is 2.38. The molecular formula is C17H14F6O. The normalized spacial score (nSPS) is 12.5. The summed E-state index contributed by atoms with van der Waals surface area (Å²) in [5.41, 5.74) is -0.478. The first kappa shape index (κ1) is 18.2. The summed E-state index contributed by atoms with van der Waals surface area (Å²) in [5, 5.41) is 0. The molecule has 0 aromatic heterocycles. The van der Waals surface area contributed by atoms with Crippen molar-refractivity contribution < 1.29 is 31.1 Å². The fourth-order valence-corrected chi connectivity index (χ4v) is 2.38. The number of alkyl halides is 6. The Morgan fingerprint density at radius 3 is 2.04 bits per heavy atom. The molecule has 2 aromatic rings. The molecular weight excluding hydrogens is 334 g/mol. The lowest BCUT2D eigenvalue weighted by Gasteiger charge is -2.18. The molecule has 0 aliphatic heterocycles. The predicted molar refractivity (Wildman–Crippen MR) is 77.7 cm³/mol. The minimum atomic E-state index is -4.89. The summed E-state index contributed by atoms with van der Waals surface area (Å²) in [6.07, 6.45) is -9.41. The van der Waals surface area contributed by atoms with E-state index in [1.54, 1.807) is 13.8 Å². The Labute approximate surface area is 134 Å². The predicted octanol–water partition coefficient (Wildman–Crippen LogP) is 6.39. The molecule has 0 saturated carbocycles. The molecule has 130 valence electrons. The summed E-state index contributed by atoms with van der Waals surface area (Å²) < 4.78 is 80.7. The van der Waals surface area contributed by atoms with Crippen LogP contribution >= 0.6 is 0 Å². The Morgan fingerprint density at radius 2 is 1.50 bits per heavy atom. The number of rotatable bonds is 3. The van der Waals surface area contributed by atoms with Gasteiger partial charge >= 0.3 is 12.5 Å². The maximum atomic E-state index is 13.1. The van der Waals surface area contributed by atoms with Crippen LogP contribution in [-0.4, -0.2) is 6.36 Å². The zero-order valence-electron chi connectivity index (χ0n) is 12.8. The van der Waals surface area contributed by atoms with Crippen molar-refractivity contribution in [2.24, 2.45) is 0 Å². The molecule has 0 radical (unpaired) electrons. The molecule has 0 bridgehead atoms. The first-order chi connectivity index (χ1) is 11.0. The molecule has 7 heteroatoms. The van der Waals surface area contributed by atoms with Gasteiger partial charge in [-0.05, 0) is 29.2 Å². The van der Waals surface area contributed by atoms with Crippen LogP contribution in [0.1, 0.15) is 30.9 Å². The van der Waals surface area contributed by atoms with E-state index in [9.17, 15) is 26.3 Å². The van der Waals surface area contributed by atoms with Gasteiger partial charge in [-0.25, -0.2) is 0 Å². The van der Waals surface area contributed by atoms with Gasteiger partial charge in [-0.1, -0.05) is 44.2 Å². The molecule has 0 aliphatic rings. The molecule has 0 N–H and O–H groups in total. The SMILES string of the molecule is CC(C)c1cc(-c2ccccc2OC(F)(F)F)ccc1C(F)(F)F. The maximum Gasteiger partial charge on any atom is 0.573 e. The molecule has 1 nitrogen and oxygen atoms in total. The van der Waals surface area contributed by atoms with E-state index in [1.165, 1.54) is 24.3 Å². The lowest BCUT2D eigenvalue weighted by Crippen LogP contribution is -2.17. The van der Waals surface area contributed by atoms with Gasteiger partial charge in [0.25, 0.3) is 0 Å². The topological polar surface area (TPSA) is 9.23 Å². The maximum absolute atomic E-state index is 13.1. The second kappa shape index (κ2) is 6.37. The summed E-state index contributed by atoms with van der Waals surface area (Å²) in [5.74, 6) is -0.906. The third-order valence-corrected chi connectivity index (χ3v) is 3.40. The highest BCUT2D eigenvalue weighted by Crippen LogP contribution is 2.40. The van der Waals surface area contributed by atoms with E-state index in [2.05, 4.69) is 4.74 Å². The third kappa shape index (κ3) is 4.21. The molecule has 0 saturated heterocycles. The quantitative estimate of drug-likeness (QED) is 0.584. The van der Waals surface area contributed by atoms with Gasteiger partial charge in [0.1, 0.15) is 5.75 Å². The minimum Gasteiger partial charge on any atom is -0.405 e. The first-order valence-corrected chi connectivity index (χ1v) is 7.05. The van der Waals surface area contributed by atoms with Crippen molar-refractivity contribution in [3.05, 3.63) is 53.6 Å². The van der Waals surface area contributed by atoms with Gasteiger partial charge in [-0.3, -0.25) is 0 Å². The highest BCUT2D eigenvalue weighted by atomic mass is 19.4. The van der Waals surface area contributed by atoms with Crippen molar-refractivity contribution in [3.63, 3.8) is 0 Å². The minimum absolute atomic E-state index is 0.0156. The molecule has 2 aromatic carbocycles. The molecule has 0 spiro atoms. The molecule has 0 amide bonds. The number of ether oxygens (including phenoxy) is 1. The van der Waals surface area contributed by atoms with Crippen LogP contribution in [-0.2, 0) is 6.18 Å². The van der Waals surface area contributed by atoms with Crippen LogP contribution < -0.4 is 4.74 Å². The molecule has 24 heavy (non-hydrogen) atoms. The number of hydrogen-bond acceptors (Lipinski definition) is 1. The Kier molecular flexibility index (Phi) is 4.82. The van der Waals surface area contributed by atoms with E-state index < -0.39 is 29.8 Å². The average Bonchev–Trinajstić information content (AvgIpc) is 2.44. The Bertz CT molecular complexity index is 716. The standard InChI is InChI=1S/C17H14F6O/c1-10(2)13-9-11(7-8-14(13)16(18,19)20)12-5-3-4-6-15(12)24-17(21,22)23/h3-10H,1-2H3. The van der Waals surface area contributed by atoms with Crippen LogP contribution in [0.4, 0.5) is 26.3 Å². The van der Waals surface area contributed by atoms with E-state index in [0.717, 1.165) is 18.2 Å². The van der Waals surface area contributed by atoms with E-state index in [0.29, 0.717) is 0 Å². The second-order valence-electron chi connectivity index (χ2n) is 5.50. The second-order valence-corrected chi connectivity index (χ2v) is 5.50. The molecule has 2 rings (SSSR count). The zero-order valence-corrected chi connectivity index (χ0v) is 12.8. The molecule has 0 heterocycles. The summed E-state index contributed by atoms with van der Waals surface area (Å²) in [6.45, 7) is 3.18.